The molecule has 1 N–H and O–H groups in total. The van der Waals surface area contributed by atoms with Gasteiger partial charge in [0.05, 0.1) is 24.8 Å². The molecule has 0 radical (unpaired) electrons. The third-order valence-corrected chi connectivity index (χ3v) is 3.18. The third-order valence-electron chi connectivity index (χ3n) is 3.18. The van der Waals surface area contributed by atoms with Crippen molar-refractivity contribution in [3.63, 3.8) is 0 Å². The maximum atomic E-state index is 13.7. The monoisotopic (exact) mass is 311 g/mol. The molecule has 0 aliphatic rings. The molecule has 1 atom stereocenters. The predicted octanol–water partition coefficient (Wildman–Crippen LogP) is 2.66. The molecule has 0 bridgehead atoms. The molecule has 0 aliphatic heterocycles. The Balaban J connectivity index is 2.06. The van der Waals surface area contributed by atoms with Crippen LogP contribution in [0.1, 0.15) is 5.76 Å². The number of rotatable bonds is 7. The van der Waals surface area contributed by atoms with Crippen LogP contribution in [0.15, 0.2) is 34.7 Å². The summed E-state index contributed by atoms with van der Waals surface area (Å²) in [6.07, 6.45) is -0.603. The molecule has 1 unspecified atom stereocenters. The summed E-state index contributed by atoms with van der Waals surface area (Å²) in [4.78, 5) is 1.84. The van der Waals surface area contributed by atoms with Crippen LogP contribution < -0.4 is 0 Å². The van der Waals surface area contributed by atoms with E-state index in [9.17, 15) is 13.9 Å². The molecule has 0 saturated carbocycles. The second kappa shape index (κ2) is 7.49. The maximum Gasteiger partial charge on any atom is 0.140 e. The van der Waals surface area contributed by atoms with Crippen LogP contribution >= 0.6 is 0 Å². The van der Waals surface area contributed by atoms with Crippen LogP contribution in [0.5, 0.6) is 0 Å². The molecule has 22 heavy (non-hydrogen) atoms. The number of benzene rings is 1. The average Bonchev–Trinajstić information content (AvgIpc) is 2.86. The Morgan fingerprint density at radius 2 is 1.91 bits per heavy atom. The first kappa shape index (κ1) is 16.6. The van der Waals surface area contributed by atoms with Crippen molar-refractivity contribution >= 4 is 0 Å². The van der Waals surface area contributed by atoms with Crippen LogP contribution in [0.3, 0.4) is 0 Å². The molecular formula is C16H19F2NO3. The lowest BCUT2D eigenvalue weighted by molar-refractivity contribution is 0.0407. The van der Waals surface area contributed by atoms with Gasteiger partial charge in [-0.15, -0.1) is 0 Å². The number of furan rings is 1. The topological polar surface area (TPSA) is 45.8 Å². The molecule has 0 aliphatic carbocycles. The number of ether oxygens (including phenoxy) is 1. The van der Waals surface area contributed by atoms with Gasteiger partial charge in [-0.1, -0.05) is 6.07 Å². The summed E-state index contributed by atoms with van der Waals surface area (Å²) in [6.45, 7) is 1.06. The zero-order valence-electron chi connectivity index (χ0n) is 12.6. The van der Waals surface area contributed by atoms with Gasteiger partial charge < -0.3 is 14.3 Å². The van der Waals surface area contributed by atoms with Crippen molar-refractivity contribution in [2.24, 2.45) is 0 Å². The third kappa shape index (κ3) is 4.13. The molecule has 1 aromatic carbocycles. The van der Waals surface area contributed by atoms with E-state index < -0.39 is 17.7 Å². The Morgan fingerprint density at radius 3 is 2.55 bits per heavy atom. The van der Waals surface area contributed by atoms with Crippen LogP contribution in [0.25, 0.3) is 11.3 Å². The van der Waals surface area contributed by atoms with Gasteiger partial charge in [0.1, 0.15) is 23.2 Å². The Bertz CT molecular complexity index is 595. The smallest absolute Gasteiger partial charge is 0.140 e. The summed E-state index contributed by atoms with van der Waals surface area (Å²) in [5, 5.41) is 9.66. The zero-order chi connectivity index (χ0) is 16.1. The molecule has 1 aromatic heterocycles. The predicted molar refractivity (Wildman–Crippen MR) is 78.3 cm³/mol. The van der Waals surface area contributed by atoms with Crippen molar-refractivity contribution in [2.75, 3.05) is 27.3 Å². The molecule has 4 nitrogen and oxygen atoms in total. The van der Waals surface area contributed by atoms with Gasteiger partial charge in [-0.3, -0.25) is 4.90 Å². The first-order valence-electron chi connectivity index (χ1n) is 6.90. The Hall–Kier alpha value is -1.76. The van der Waals surface area contributed by atoms with E-state index in [2.05, 4.69) is 0 Å². The number of likely N-dealkylation sites (N-methyl/N-ethyl adjacent to an activating group) is 1. The number of hydrogen-bond donors (Lipinski definition) is 1. The van der Waals surface area contributed by atoms with Crippen LogP contribution in [0.2, 0.25) is 0 Å². The van der Waals surface area contributed by atoms with E-state index in [1.165, 1.54) is 31.4 Å². The first-order chi connectivity index (χ1) is 10.5. The summed E-state index contributed by atoms with van der Waals surface area (Å²) >= 11 is 0. The molecule has 0 saturated heterocycles. The number of nitrogens with zero attached hydrogens (tertiary/aromatic N) is 1. The summed E-state index contributed by atoms with van der Waals surface area (Å²) in [6, 6.07) is 6.89. The fourth-order valence-corrected chi connectivity index (χ4v) is 2.27. The SMILES string of the molecule is COCC(O)CN(C)Cc1ccc(-c2c(F)cccc2F)o1. The van der Waals surface area contributed by atoms with Gasteiger partial charge in [-0.2, -0.15) is 0 Å². The number of halogens is 2. The van der Waals surface area contributed by atoms with Gasteiger partial charge in [-0.05, 0) is 31.3 Å². The summed E-state index contributed by atoms with van der Waals surface area (Å²) in [7, 11) is 3.33. The van der Waals surface area contributed by atoms with Crippen LogP contribution in [0.4, 0.5) is 8.78 Å². The van der Waals surface area contributed by atoms with Gasteiger partial charge in [0, 0.05) is 13.7 Å². The highest BCUT2D eigenvalue weighted by Crippen LogP contribution is 2.28. The lowest BCUT2D eigenvalue weighted by Gasteiger charge is -2.18. The van der Waals surface area contributed by atoms with Gasteiger partial charge in [0.15, 0.2) is 0 Å². The summed E-state index contributed by atoms with van der Waals surface area (Å²) in [5.74, 6) is -0.615. The van der Waals surface area contributed by atoms with E-state index in [0.29, 0.717) is 18.8 Å². The fraction of sp³-hybridized carbons (Fsp3) is 0.375. The number of methoxy groups -OCH3 is 1. The minimum absolute atomic E-state index is 0.149. The van der Waals surface area contributed by atoms with E-state index in [1.54, 1.807) is 6.07 Å². The molecule has 0 amide bonds. The second-order valence-electron chi connectivity index (χ2n) is 5.17. The standard InChI is InChI=1S/C16H19F2NO3/c1-19(8-11(20)10-21-2)9-12-6-7-15(22-12)16-13(17)4-3-5-14(16)18/h3-7,11,20H,8-10H2,1-2H3. The molecule has 0 spiro atoms. The van der Waals surface area contributed by atoms with Gasteiger partial charge in [0.2, 0.25) is 0 Å². The molecule has 120 valence electrons. The van der Waals surface area contributed by atoms with Crippen molar-refractivity contribution in [3.05, 3.63) is 47.7 Å². The van der Waals surface area contributed by atoms with Crippen LogP contribution in [-0.2, 0) is 11.3 Å². The van der Waals surface area contributed by atoms with E-state index >= 15 is 0 Å². The summed E-state index contributed by atoms with van der Waals surface area (Å²) < 4.78 is 37.8. The molecular weight excluding hydrogens is 292 g/mol. The minimum atomic E-state index is -0.662. The largest absolute Gasteiger partial charge is 0.460 e. The Labute approximate surface area is 127 Å². The minimum Gasteiger partial charge on any atom is -0.460 e. The second-order valence-corrected chi connectivity index (χ2v) is 5.17. The van der Waals surface area contributed by atoms with E-state index in [-0.39, 0.29) is 17.9 Å². The van der Waals surface area contributed by atoms with Gasteiger partial charge in [0.25, 0.3) is 0 Å². The lowest BCUT2D eigenvalue weighted by atomic mass is 10.1. The quantitative estimate of drug-likeness (QED) is 0.854. The molecule has 2 rings (SSSR count). The van der Waals surface area contributed by atoms with E-state index in [1.807, 2.05) is 11.9 Å². The highest BCUT2D eigenvalue weighted by atomic mass is 19.1. The molecule has 6 heteroatoms. The van der Waals surface area contributed by atoms with E-state index in [4.69, 9.17) is 9.15 Å². The van der Waals surface area contributed by atoms with Gasteiger partial charge >= 0.3 is 0 Å². The van der Waals surface area contributed by atoms with Crippen LogP contribution in [-0.4, -0.2) is 43.4 Å². The molecule has 0 fully saturated rings. The van der Waals surface area contributed by atoms with Crippen LogP contribution in [0, 0.1) is 11.6 Å². The highest BCUT2D eigenvalue weighted by Gasteiger charge is 2.16. The van der Waals surface area contributed by atoms with Crippen molar-refractivity contribution in [1.29, 1.82) is 0 Å². The highest BCUT2D eigenvalue weighted by molar-refractivity contribution is 5.59. The Kier molecular flexibility index (Phi) is 5.65. The maximum absolute atomic E-state index is 13.7. The zero-order valence-corrected chi connectivity index (χ0v) is 12.6. The fourth-order valence-electron chi connectivity index (χ4n) is 2.27. The van der Waals surface area contributed by atoms with Crippen molar-refractivity contribution < 1.29 is 23.0 Å². The lowest BCUT2D eigenvalue weighted by Crippen LogP contribution is -2.31. The normalized spacial score (nSPS) is 12.8. The van der Waals surface area contributed by atoms with Crippen molar-refractivity contribution in [2.45, 2.75) is 12.6 Å². The number of aliphatic hydroxyl groups excluding tert-OH is 1. The average molecular weight is 311 g/mol. The van der Waals surface area contributed by atoms with Gasteiger partial charge in [-0.25, -0.2) is 8.78 Å². The van der Waals surface area contributed by atoms with Crippen molar-refractivity contribution in [3.8, 4) is 11.3 Å². The number of hydrogen-bond acceptors (Lipinski definition) is 4. The van der Waals surface area contributed by atoms with E-state index in [0.717, 1.165) is 0 Å². The Morgan fingerprint density at radius 1 is 1.23 bits per heavy atom. The first-order valence-corrected chi connectivity index (χ1v) is 6.90. The molecule has 2 aromatic rings. The summed E-state index contributed by atoms with van der Waals surface area (Å²) in [5.41, 5.74) is -0.171. The molecule has 1 heterocycles. The number of aliphatic hydroxyl groups is 1. The van der Waals surface area contributed by atoms with Crippen molar-refractivity contribution in [1.82, 2.24) is 4.90 Å².